The lowest BCUT2D eigenvalue weighted by molar-refractivity contribution is -0.384. The first-order valence-electron chi connectivity index (χ1n) is 5.66. The van der Waals surface area contributed by atoms with Crippen molar-refractivity contribution < 1.29 is 18.1 Å². The average molecular weight is 312 g/mol. The van der Waals surface area contributed by atoms with Crippen LogP contribution in [0.2, 0.25) is 0 Å². The maximum atomic E-state index is 12.6. The number of nitrogens with one attached hydrogen (secondary N) is 1. The molecule has 0 aliphatic rings. The zero-order valence-electron chi connectivity index (χ0n) is 10.9. The standard InChI is InChI=1S/C11H7F3N6O2/c1-19-17-8(5-15)10(18-19)16-7-3-2-6(11(12,13)14)4-9(7)20(21)22/h2-4H,1H3,(H,16,18). The summed E-state index contributed by atoms with van der Waals surface area (Å²) in [6.45, 7) is 0. The Bertz CT molecular complexity index is 777. The number of aryl methyl sites for hydroxylation is 1. The molecule has 0 atom stereocenters. The molecule has 0 radical (unpaired) electrons. The van der Waals surface area contributed by atoms with Gasteiger partial charge in [0, 0.05) is 13.1 Å². The SMILES string of the molecule is Cn1nc(C#N)c(Nc2ccc(C(F)(F)F)cc2[N+](=O)[O-])n1. The Morgan fingerprint density at radius 3 is 2.64 bits per heavy atom. The topological polar surface area (TPSA) is 110 Å². The van der Waals surface area contributed by atoms with Crippen LogP contribution in [0.1, 0.15) is 11.3 Å². The summed E-state index contributed by atoms with van der Waals surface area (Å²) < 4.78 is 37.8. The summed E-state index contributed by atoms with van der Waals surface area (Å²) in [6.07, 6.45) is -4.70. The third-order valence-corrected chi connectivity index (χ3v) is 2.59. The molecule has 0 aliphatic carbocycles. The summed E-state index contributed by atoms with van der Waals surface area (Å²) in [5, 5.41) is 29.7. The number of nitro groups is 1. The largest absolute Gasteiger partial charge is 0.416 e. The van der Waals surface area contributed by atoms with Gasteiger partial charge in [0.2, 0.25) is 5.69 Å². The van der Waals surface area contributed by atoms with E-state index in [1.54, 1.807) is 6.07 Å². The summed E-state index contributed by atoms with van der Waals surface area (Å²) in [5.41, 5.74) is -2.31. The fourth-order valence-electron chi connectivity index (χ4n) is 1.66. The number of halogens is 3. The van der Waals surface area contributed by atoms with Crippen LogP contribution in [0.5, 0.6) is 0 Å². The van der Waals surface area contributed by atoms with Gasteiger partial charge in [0.15, 0.2) is 5.82 Å². The Morgan fingerprint density at radius 2 is 2.09 bits per heavy atom. The predicted molar refractivity (Wildman–Crippen MR) is 67.1 cm³/mol. The van der Waals surface area contributed by atoms with Crippen molar-refractivity contribution in [3.63, 3.8) is 0 Å². The van der Waals surface area contributed by atoms with Crippen LogP contribution >= 0.6 is 0 Å². The van der Waals surface area contributed by atoms with Crippen molar-refractivity contribution in [2.24, 2.45) is 7.05 Å². The van der Waals surface area contributed by atoms with Gasteiger partial charge >= 0.3 is 6.18 Å². The third kappa shape index (κ3) is 2.95. The minimum Gasteiger partial charge on any atom is -0.331 e. The number of rotatable bonds is 3. The lowest BCUT2D eigenvalue weighted by Gasteiger charge is -2.09. The smallest absolute Gasteiger partial charge is 0.331 e. The van der Waals surface area contributed by atoms with E-state index < -0.39 is 22.4 Å². The van der Waals surface area contributed by atoms with E-state index >= 15 is 0 Å². The average Bonchev–Trinajstić information content (AvgIpc) is 2.77. The second-order valence-electron chi connectivity index (χ2n) is 4.11. The molecule has 8 nitrogen and oxygen atoms in total. The molecular formula is C11H7F3N6O2. The van der Waals surface area contributed by atoms with Gasteiger partial charge in [0.05, 0.1) is 10.5 Å². The number of anilines is 2. The summed E-state index contributed by atoms with van der Waals surface area (Å²) >= 11 is 0. The summed E-state index contributed by atoms with van der Waals surface area (Å²) in [5.74, 6) is -0.0899. The molecule has 1 heterocycles. The quantitative estimate of drug-likeness (QED) is 0.688. The molecule has 0 amide bonds. The van der Waals surface area contributed by atoms with E-state index in [9.17, 15) is 23.3 Å². The summed E-state index contributed by atoms with van der Waals surface area (Å²) in [4.78, 5) is 11.0. The van der Waals surface area contributed by atoms with Gasteiger partial charge in [-0.1, -0.05) is 0 Å². The van der Waals surface area contributed by atoms with E-state index in [1.807, 2.05) is 0 Å². The molecule has 0 fully saturated rings. The van der Waals surface area contributed by atoms with E-state index in [-0.39, 0.29) is 17.2 Å². The maximum absolute atomic E-state index is 12.6. The number of nitriles is 1. The number of hydrogen-bond acceptors (Lipinski definition) is 6. The van der Waals surface area contributed by atoms with Crippen LogP contribution in [-0.2, 0) is 13.2 Å². The zero-order chi connectivity index (χ0) is 16.5. The highest BCUT2D eigenvalue weighted by Crippen LogP contribution is 2.35. The predicted octanol–water partition coefficient (Wildman–Crippen LogP) is 2.36. The monoisotopic (exact) mass is 312 g/mol. The number of nitro benzene ring substituents is 1. The Labute approximate surface area is 120 Å². The molecule has 11 heteroatoms. The minimum atomic E-state index is -4.70. The molecule has 114 valence electrons. The van der Waals surface area contributed by atoms with Crippen molar-refractivity contribution in [3.05, 3.63) is 39.6 Å². The highest BCUT2D eigenvalue weighted by Gasteiger charge is 2.33. The molecule has 0 saturated carbocycles. The number of benzene rings is 1. The molecule has 0 saturated heterocycles. The van der Waals surface area contributed by atoms with Crippen LogP contribution in [0, 0.1) is 21.4 Å². The van der Waals surface area contributed by atoms with Crippen molar-refractivity contribution in [1.29, 1.82) is 5.26 Å². The molecule has 0 bridgehead atoms. The Hall–Kier alpha value is -3.16. The lowest BCUT2D eigenvalue weighted by Crippen LogP contribution is -2.07. The van der Waals surface area contributed by atoms with Crippen molar-refractivity contribution in [1.82, 2.24) is 15.0 Å². The van der Waals surface area contributed by atoms with Crippen LogP contribution in [-0.4, -0.2) is 19.9 Å². The highest BCUT2D eigenvalue weighted by atomic mass is 19.4. The highest BCUT2D eigenvalue weighted by molar-refractivity contribution is 5.70. The maximum Gasteiger partial charge on any atom is 0.416 e. The van der Waals surface area contributed by atoms with Gasteiger partial charge in [-0.15, -0.1) is 10.2 Å². The molecular weight excluding hydrogens is 305 g/mol. The van der Waals surface area contributed by atoms with Crippen LogP contribution in [0.4, 0.5) is 30.4 Å². The zero-order valence-corrected chi connectivity index (χ0v) is 10.9. The van der Waals surface area contributed by atoms with Crippen molar-refractivity contribution in [2.75, 3.05) is 5.32 Å². The molecule has 0 spiro atoms. The number of aromatic nitrogens is 3. The Morgan fingerprint density at radius 1 is 1.41 bits per heavy atom. The van der Waals surface area contributed by atoms with Gasteiger partial charge < -0.3 is 5.32 Å². The van der Waals surface area contributed by atoms with Gasteiger partial charge in [-0.2, -0.15) is 23.2 Å². The second kappa shape index (κ2) is 5.32. The van der Waals surface area contributed by atoms with E-state index in [2.05, 4.69) is 15.5 Å². The van der Waals surface area contributed by atoms with Gasteiger partial charge in [-0.05, 0) is 12.1 Å². The number of alkyl halides is 3. The molecule has 2 rings (SSSR count). The first-order chi connectivity index (χ1) is 10.2. The van der Waals surface area contributed by atoms with E-state index in [0.717, 1.165) is 10.9 Å². The van der Waals surface area contributed by atoms with Gasteiger partial charge in [-0.25, -0.2) is 0 Å². The molecule has 1 N–H and O–H groups in total. The fourth-order valence-corrected chi connectivity index (χ4v) is 1.66. The normalized spacial score (nSPS) is 11.0. The third-order valence-electron chi connectivity index (χ3n) is 2.59. The van der Waals surface area contributed by atoms with Crippen LogP contribution < -0.4 is 5.32 Å². The number of nitrogens with zero attached hydrogens (tertiary/aromatic N) is 5. The van der Waals surface area contributed by atoms with Gasteiger partial charge in [0.1, 0.15) is 11.8 Å². The van der Waals surface area contributed by atoms with E-state index in [0.29, 0.717) is 12.1 Å². The van der Waals surface area contributed by atoms with Crippen LogP contribution in [0.25, 0.3) is 0 Å². The summed E-state index contributed by atoms with van der Waals surface area (Å²) in [6, 6.07) is 3.71. The van der Waals surface area contributed by atoms with E-state index in [1.165, 1.54) is 7.05 Å². The van der Waals surface area contributed by atoms with Crippen LogP contribution in [0.3, 0.4) is 0 Å². The fraction of sp³-hybridized carbons (Fsp3) is 0.182. The first kappa shape index (κ1) is 15.2. The van der Waals surface area contributed by atoms with Gasteiger partial charge in [0.25, 0.3) is 5.69 Å². The molecule has 2 aromatic rings. The minimum absolute atomic E-state index is 0.0899. The number of hydrogen-bond donors (Lipinski definition) is 1. The Kier molecular flexibility index (Phi) is 3.68. The van der Waals surface area contributed by atoms with Crippen molar-refractivity contribution >= 4 is 17.2 Å². The lowest BCUT2D eigenvalue weighted by atomic mass is 10.1. The van der Waals surface area contributed by atoms with Crippen molar-refractivity contribution in [3.8, 4) is 6.07 Å². The molecule has 1 aromatic carbocycles. The summed E-state index contributed by atoms with van der Waals surface area (Å²) in [7, 11) is 1.42. The molecule has 22 heavy (non-hydrogen) atoms. The van der Waals surface area contributed by atoms with Gasteiger partial charge in [-0.3, -0.25) is 10.1 Å². The molecule has 1 aromatic heterocycles. The second-order valence-corrected chi connectivity index (χ2v) is 4.11. The van der Waals surface area contributed by atoms with E-state index in [4.69, 9.17) is 5.26 Å². The molecule has 0 unspecified atom stereocenters. The Balaban J connectivity index is 2.47. The molecule has 0 aliphatic heterocycles. The van der Waals surface area contributed by atoms with Crippen LogP contribution in [0.15, 0.2) is 18.2 Å². The first-order valence-corrected chi connectivity index (χ1v) is 5.66. The van der Waals surface area contributed by atoms with Crippen molar-refractivity contribution in [2.45, 2.75) is 6.18 Å².